The van der Waals surface area contributed by atoms with Crippen molar-refractivity contribution in [2.45, 2.75) is 276 Å². The Hall–Kier alpha value is -1.66. The highest BCUT2D eigenvalue weighted by Crippen LogP contribution is 2.16. The number of rotatable bonds is 46. The molecule has 336 valence electrons. The van der Waals surface area contributed by atoms with Crippen molar-refractivity contribution in [1.82, 2.24) is 5.32 Å². The van der Waals surface area contributed by atoms with E-state index in [0.29, 0.717) is 25.9 Å². The molecule has 0 aliphatic heterocycles. The monoisotopic (exact) mass is 804 g/mol. The Kier molecular flexibility index (Phi) is 45.7. The van der Waals surface area contributed by atoms with Crippen LogP contribution in [0.1, 0.15) is 264 Å². The van der Waals surface area contributed by atoms with Crippen LogP contribution in [-0.4, -0.2) is 47.4 Å². The highest BCUT2D eigenvalue weighted by atomic mass is 16.5. The maximum absolute atomic E-state index is 12.4. The summed E-state index contributed by atoms with van der Waals surface area (Å²) in [5.74, 6) is -0.0881. The molecule has 6 heteroatoms. The summed E-state index contributed by atoms with van der Waals surface area (Å²) >= 11 is 0. The van der Waals surface area contributed by atoms with Crippen molar-refractivity contribution in [1.29, 1.82) is 0 Å². The molecule has 2 atom stereocenters. The molecule has 0 aromatic carbocycles. The predicted molar refractivity (Wildman–Crippen MR) is 246 cm³/mol. The molecule has 6 nitrogen and oxygen atoms in total. The number of allylic oxidation sites excluding steroid dienone is 4. The van der Waals surface area contributed by atoms with Crippen LogP contribution in [0.25, 0.3) is 0 Å². The van der Waals surface area contributed by atoms with Crippen molar-refractivity contribution in [2.24, 2.45) is 0 Å². The van der Waals surface area contributed by atoms with Crippen molar-refractivity contribution < 1.29 is 24.5 Å². The molecule has 0 aliphatic carbocycles. The van der Waals surface area contributed by atoms with Gasteiger partial charge in [-0.25, -0.2) is 0 Å². The molecular formula is C51H97NO5. The average molecular weight is 804 g/mol. The van der Waals surface area contributed by atoms with Gasteiger partial charge in [0.2, 0.25) is 5.91 Å². The maximum atomic E-state index is 12.4. The van der Waals surface area contributed by atoms with Gasteiger partial charge in [-0.15, -0.1) is 0 Å². The summed E-state index contributed by atoms with van der Waals surface area (Å²) in [5.41, 5.74) is 0. The molecule has 1 amide bonds. The average Bonchev–Trinajstić information content (AvgIpc) is 3.21. The second-order valence-corrected chi connectivity index (χ2v) is 17.1. The number of hydrogen-bond acceptors (Lipinski definition) is 5. The molecule has 0 aromatic heterocycles. The van der Waals surface area contributed by atoms with Gasteiger partial charge in [-0.3, -0.25) is 9.59 Å². The van der Waals surface area contributed by atoms with Gasteiger partial charge in [0.05, 0.1) is 25.4 Å². The third-order valence-electron chi connectivity index (χ3n) is 11.5. The fraction of sp³-hybridized carbons (Fsp3) is 0.882. The van der Waals surface area contributed by atoms with E-state index >= 15 is 0 Å². The van der Waals surface area contributed by atoms with E-state index in [1.54, 1.807) is 0 Å². The van der Waals surface area contributed by atoms with E-state index in [1.165, 1.54) is 161 Å². The minimum Gasteiger partial charge on any atom is -0.466 e. The van der Waals surface area contributed by atoms with Gasteiger partial charge in [-0.05, 0) is 77.0 Å². The van der Waals surface area contributed by atoms with Gasteiger partial charge in [-0.1, -0.05) is 199 Å². The number of esters is 1. The van der Waals surface area contributed by atoms with Gasteiger partial charge in [-0.2, -0.15) is 0 Å². The molecule has 0 spiro atoms. The lowest BCUT2D eigenvalue weighted by molar-refractivity contribution is -0.143. The zero-order valence-corrected chi connectivity index (χ0v) is 38.1. The minimum atomic E-state index is -0.681. The van der Waals surface area contributed by atoms with Gasteiger partial charge >= 0.3 is 5.97 Å². The summed E-state index contributed by atoms with van der Waals surface area (Å²) in [4.78, 5) is 24.4. The quantitative estimate of drug-likeness (QED) is 0.0324. The fourth-order valence-electron chi connectivity index (χ4n) is 7.57. The van der Waals surface area contributed by atoms with Crippen LogP contribution in [0.3, 0.4) is 0 Å². The summed E-state index contributed by atoms with van der Waals surface area (Å²) in [5, 5.41) is 23.2. The molecule has 0 heterocycles. The van der Waals surface area contributed by atoms with E-state index in [1.807, 2.05) is 0 Å². The third kappa shape index (κ3) is 43.7. The van der Waals surface area contributed by atoms with Crippen LogP contribution < -0.4 is 5.32 Å². The Morgan fingerprint density at radius 3 is 1.30 bits per heavy atom. The molecule has 0 rings (SSSR count). The SMILES string of the molecule is CCCCC/C=C\CCCCCCCC(=O)OCCCCCCCC/C=C\CCCCCC(=O)NC(CO)C(O)CCCCCCCCCCCCCCCCC. The van der Waals surface area contributed by atoms with Crippen LogP contribution in [-0.2, 0) is 14.3 Å². The van der Waals surface area contributed by atoms with E-state index in [-0.39, 0.29) is 18.5 Å². The van der Waals surface area contributed by atoms with Crippen LogP contribution in [0, 0.1) is 0 Å². The van der Waals surface area contributed by atoms with E-state index in [0.717, 1.165) is 70.6 Å². The van der Waals surface area contributed by atoms with Gasteiger partial charge in [0, 0.05) is 12.8 Å². The lowest BCUT2D eigenvalue weighted by Crippen LogP contribution is -2.45. The fourth-order valence-corrected chi connectivity index (χ4v) is 7.57. The highest BCUT2D eigenvalue weighted by Gasteiger charge is 2.20. The molecule has 0 saturated carbocycles. The van der Waals surface area contributed by atoms with Crippen LogP contribution in [0.5, 0.6) is 0 Å². The Balaban J connectivity index is 3.52. The Morgan fingerprint density at radius 1 is 0.474 bits per heavy atom. The van der Waals surface area contributed by atoms with Crippen molar-refractivity contribution >= 4 is 11.9 Å². The number of unbranched alkanes of at least 4 members (excludes halogenated alkanes) is 31. The van der Waals surface area contributed by atoms with Crippen LogP contribution in [0.4, 0.5) is 0 Å². The first-order valence-corrected chi connectivity index (χ1v) is 25.1. The topological polar surface area (TPSA) is 95.9 Å². The first-order chi connectivity index (χ1) is 28.0. The van der Waals surface area contributed by atoms with Crippen LogP contribution in [0.2, 0.25) is 0 Å². The summed E-state index contributed by atoms with van der Waals surface area (Å²) in [6, 6.07) is -0.561. The Bertz CT molecular complexity index is 889. The lowest BCUT2D eigenvalue weighted by atomic mass is 10.0. The van der Waals surface area contributed by atoms with Crippen molar-refractivity contribution in [3.8, 4) is 0 Å². The number of hydrogen-bond donors (Lipinski definition) is 3. The molecular weight excluding hydrogens is 707 g/mol. The second-order valence-electron chi connectivity index (χ2n) is 17.1. The van der Waals surface area contributed by atoms with Gasteiger partial charge in [0.1, 0.15) is 0 Å². The number of ether oxygens (including phenoxy) is 1. The van der Waals surface area contributed by atoms with Crippen molar-refractivity contribution in [3.05, 3.63) is 24.3 Å². The number of carbonyl (C=O) groups is 2. The smallest absolute Gasteiger partial charge is 0.305 e. The molecule has 2 unspecified atom stereocenters. The maximum Gasteiger partial charge on any atom is 0.305 e. The zero-order chi connectivity index (χ0) is 41.5. The predicted octanol–water partition coefficient (Wildman–Crippen LogP) is 14.7. The first-order valence-electron chi connectivity index (χ1n) is 25.1. The van der Waals surface area contributed by atoms with Gasteiger partial charge < -0.3 is 20.3 Å². The highest BCUT2D eigenvalue weighted by molar-refractivity contribution is 5.76. The zero-order valence-electron chi connectivity index (χ0n) is 38.1. The normalized spacial score (nSPS) is 12.8. The van der Waals surface area contributed by atoms with Crippen LogP contribution in [0.15, 0.2) is 24.3 Å². The molecule has 0 aliphatic rings. The molecule has 0 aromatic rings. The molecule has 0 bridgehead atoms. The van der Waals surface area contributed by atoms with Crippen LogP contribution >= 0.6 is 0 Å². The first kappa shape index (κ1) is 55.3. The molecule has 3 N–H and O–H groups in total. The summed E-state index contributed by atoms with van der Waals surface area (Å²) in [7, 11) is 0. The minimum absolute atomic E-state index is 0.0229. The van der Waals surface area contributed by atoms with E-state index in [2.05, 4.69) is 43.5 Å². The number of nitrogens with one attached hydrogen (secondary N) is 1. The molecule has 0 fully saturated rings. The van der Waals surface area contributed by atoms with E-state index < -0.39 is 12.1 Å². The van der Waals surface area contributed by atoms with Gasteiger partial charge in [0.25, 0.3) is 0 Å². The number of aliphatic hydroxyl groups is 2. The summed E-state index contributed by atoms with van der Waals surface area (Å²) in [6.45, 7) is 4.88. The second kappa shape index (κ2) is 47.0. The standard InChI is InChI=1S/C51H97NO5/c1-3-5-7-9-11-13-15-17-18-20-23-27-31-35-39-43-49(54)48(47-53)52-50(55)44-40-36-32-28-24-21-19-22-26-30-34-38-42-46-57-51(56)45-41-37-33-29-25-16-14-12-10-8-6-4-2/h12,14,21,24,48-49,53-54H,3-11,13,15-20,22-23,25-47H2,1-2H3,(H,52,55)/b14-12-,24-21-. The number of carbonyl (C=O) groups excluding carboxylic acids is 2. The Morgan fingerprint density at radius 2 is 0.825 bits per heavy atom. The number of aliphatic hydroxyl groups excluding tert-OH is 2. The molecule has 0 saturated heterocycles. The summed E-state index contributed by atoms with van der Waals surface area (Å²) in [6.07, 6.45) is 54.2. The molecule has 57 heavy (non-hydrogen) atoms. The largest absolute Gasteiger partial charge is 0.466 e. The number of amides is 1. The van der Waals surface area contributed by atoms with E-state index in [9.17, 15) is 19.8 Å². The van der Waals surface area contributed by atoms with E-state index in [4.69, 9.17) is 4.74 Å². The van der Waals surface area contributed by atoms with Crippen molar-refractivity contribution in [3.63, 3.8) is 0 Å². The third-order valence-corrected chi connectivity index (χ3v) is 11.5. The Labute approximate surface area is 354 Å². The van der Waals surface area contributed by atoms with Crippen molar-refractivity contribution in [2.75, 3.05) is 13.2 Å². The summed E-state index contributed by atoms with van der Waals surface area (Å²) < 4.78 is 5.43. The van der Waals surface area contributed by atoms with Gasteiger partial charge in [0.15, 0.2) is 0 Å². The molecule has 0 radical (unpaired) electrons. The lowest BCUT2D eigenvalue weighted by Gasteiger charge is -2.22.